The van der Waals surface area contributed by atoms with Crippen LogP contribution < -0.4 is 9.47 Å². The second-order valence-electron chi connectivity index (χ2n) is 3.84. The zero-order valence-electron chi connectivity index (χ0n) is 12.0. The van der Waals surface area contributed by atoms with E-state index >= 15 is 0 Å². The van der Waals surface area contributed by atoms with Crippen molar-refractivity contribution in [2.45, 2.75) is 13.3 Å². The molecule has 6 heteroatoms. The predicted molar refractivity (Wildman–Crippen MR) is 72.0 cm³/mol. The van der Waals surface area contributed by atoms with Crippen LogP contribution in [0.1, 0.15) is 23.7 Å². The molecule has 0 spiro atoms. The molecule has 0 amide bonds. The van der Waals surface area contributed by atoms with Gasteiger partial charge in [0.05, 0.1) is 20.8 Å². The Morgan fingerprint density at radius 2 is 1.70 bits per heavy atom. The molecule has 0 aliphatic rings. The van der Waals surface area contributed by atoms with E-state index in [1.807, 2.05) is 6.92 Å². The summed E-state index contributed by atoms with van der Waals surface area (Å²) < 4.78 is 15.4. The van der Waals surface area contributed by atoms with Crippen molar-refractivity contribution in [1.29, 1.82) is 0 Å². The van der Waals surface area contributed by atoms with Gasteiger partial charge < -0.3 is 14.2 Å². The van der Waals surface area contributed by atoms with Crippen molar-refractivity contribution in [3.8, 4) is 11.5 Å². The summed E-state index contributed by atoms with van der Waals surface area (Å²) in [6.45, 7) is 3.19. The van der Waals surface area contributed by atoms with Gasteiger partial charge in [0.1, 0.15) is 23.7 Å². The molecule has 20 heavy (non-hydrogen) atoms. The van der Waals surface area contributed by atoms with E-state index in [1.165, 1.54) is 14.2 Å². The highest BCUT2D eigenvalue weighted by atomic mass is 17.2. The number of hydrogen-bond acceptors (Lipinski definition) is 6. The largest absolute Gasteiger partial charge is 0.496 e. The monoisotopic (exact) mass is 284 g/mol. The number of benzene rings is 1. The molecule has 0 saturated heterocycles. The van der Waals surface area contributed by atoms with Gasteiger partial charge in [-0.15, -0.1) is 0 Å². The Morgan fingerprint density at radius 1 is 1.05 bits per heavy atom. The van der Waals surface area contributed by atoms with Gasteiger partial charge in [-0.2, -0.15) is 4.89 Å². The Bertz CT molecular complexity index is 396. The number of carbonyl (C=O) groups excluding carboxylic acids is 1. The summed E-state index contributed by atoms with van der Waals surface area (Å²) in [6, 6.07) is 5.00. The van der Waals surface area contributed by atoms with E-state index in [4.69, 9.17) is 24.0 Å². The van der Waals surface area contributed by atoms with Crippen LogP contribution in [-0.4, -0.2) is 40.0 Å². The fourth-order valence-corrected chi connectivity index (χ4v) is 1.53. The van der Waals surface area contributed by atoms with E-state index < -0.39 is 5.97 Å². The van der Waals surface area contributed by atoms with Crippen molar-refractivity contribution in [1.82, 2.24) is 0 Å². The summed E-state index contributed by atoms with van der Waals surface area (Å²) in [5.74, 6) is 0.0511. The standard InChI is InChI=1S/C14H20O6/c1-4-8-18-9-10-19-20-14(15)13-11(16-2)6-5-7-12(13)17-3/h5-7H,4,8-10H2,1-3H3. The maximum absolute atomic E-state index is 11.9. The summed E-state index contributed by atoms with van der Waals surface area (Å²) in [7, 11) is 2.93. The lowest BCUT2D eigenvalue weighted by molar-refractivity contribution is -0.247. The maximum atomic E-state index is 11.9. The van der Waals surface area contributed by atoms with Gasteiger partial charge in [0.2, 0.25) is 0 Å². The van der Waals surface area contributed by atoms with Crippen molar-refractivity contribution < 1.29 is 28.8 Å². The van der Waals surface area contributed by atoms with E-state index in [1.54, 1.807) is 18.2 Å². The predicted octanol–water partition coefficient (Wildman–Crippen LogP) is 2.22. The van der Waals surface area contributed by atoms with Crippen molar-refractivity contribution in [3.05, 3.63) is 23.8 Å². The van der Waals surface area contributed by atoms with Crippen LogP contribution in [0, 0.1) is 0 Å². The molecule has 0 unspecified atom stereocenters. The molecule has 112 valence electrons. The molecule has 0 bridgehead atoms. The first-order chi connectivity index (χ1) is 9.74. The van der Waals surface area contributed by atoms with Gasteiger partial charge in [0.25, 0.3) is 0 Å². The smallest absolute Gasteiger partial charge is 0.380 e. The molecule has 0 aliphatic carbocycles. The van der Waals surface area contributed by atoms with Gasteiger partial charge >= 0.3 is 5.97 Å². The van der Waals surface area contributed by atoms with Crippen LogP contribution in [0.4, 0.5) is 0 Å². The number of hydrogen-bond donors (Lipinski definition) is 0. The molecule has 1 aromatic carbocycles. The second-order valence-corrected chi connectivity index (χ2v) is 3.84. The van der Waals surface area contributed by atoms with Crippen LogP contribution in [0.3, 0.4) is 0 Å². The molecule has 0 aliphatic heterocycles. The molecular formula is C14H20O6. The van der Waals surface area contributed by atoms with Crippen molar-refractivity contribution >= 4 is 5.97 Å². The minimum atomic E-state index is -0.671. The molecular weight excluding hydrogens is 264 g/mol. The average molecular weight is 284 g/mol. The molecule has 1 rings (SSSR count). The lowest BCUT2D eigenvalue weighted by Crippen LogP contribution is -2.12. The maximum Gasteiger partial charge on any atom is 0.380 e. The van der Waals surface area contributed by atoms with Crippen LogP contribution in [0.25, 0.3) is 0 Å². The fraction of sp³-hybridized carbons (Fsp3) is 0.500. The first-order valence-electron chi connectivity index (χ1n) is 6.37. The molecule has 6 nitrogen and oxygen atoms in total. The molecule has 0 N–H and O–H groups in total. The Labute approximate surface area is 118 Å². The molecule has 0 atom stereocenters. The summed E-state index contributed by atoms with van der Waals surface area (Å²) in [5, 5.41) is 0. The molecule has 0 fully saturated rings. The summed E-state index contributed by atoms with van der Waals surface area (Å²) >= 11 is 0. The van der Waals surface area contributed by atoms with Crippen LogP contribution in [0.5, 0.6) is 11.5 Å². The fourth-order valence-electron chi connectivity index (χ4n) is 1.53. The Hall–Kier alpha value is -1.79. The molecule has 0 aromatic heterocycles. The van der Waals surface area contributed by atoms with Crippen molar-refractivity contribution in [2.24, 2.45) is 0 Å². The quantitative estimate of drug-likeness (QED) is 0.393. The van der Waals surface area contributed by atoms with Crippen LogP contribution >= 0.6 is 0 Å². The normalized spacial score (nSPS) is 10.2. The number of methoxy groups -OCH3 is 2. The van der Waals surface area contributed by atoms with E-state index in [2.05, 4.69) is 0 Å². The summed E-state index contributed by atoms with van der Waals surface area (Å²) in [5.41, 5.74) is 0.187. The van der Waals surface area contributed by atoms with E-state index in [0.29, 0.717) is 24.7 Å². The third-order valence-corrected chi connectivity index (χ3v) is 2.43. The zero-order valence-corrected chi connectivity index (χ0v) is 12.0. The third kappa shape index (κ3) is 4.71. The zero-order chi connectivity index (χ0) is 14.8. The average Bonchev–Trinajstić information content (AvgIpc) is 2.49. The minimum absolute atomic E-state index is 0.170. The summed E-state index contributed by atoms with van der Waals surface area (Å²) in [4.78, 5) is 21.5. The third-order valence-electron chi connectivity index (χ3n) is 2.43. The Kier molecular flexibility index (Phi) is 7.46. The molecule has 1 aromatic rings. The number of ether oxygens (including phenoxy) is 3. The molecule has 0 radical (unpaired) electrons. The highest BCUT2D eigenvalue weighted by molar-refractivity contribution is 5.95. The highest BCUT2D eigenvalue weighted by Gasteiger charge is 2.20. The first kappa shape index (κ1) is 16.3. The first-order valence-corrected chi connectivity index (χ1v) is 6.37. The molecule has 0 saturated carbocycles. The lowest BCUT2D eigenvalue weighted by Gasteiger charge is -2.11. The lowest BCUT2D eigenvalue weighted by atomic mass is 10.2. The van der Waals surface area contributed by atoms with Crippen LogP contribution in [-0.2, 0) is 14.5 Å². The van der Waals surface area contributed by atoms with Crippen molar-refractivity contribution in [3.63, 3.8) is 0 Å². The number of rotatable bonds is 9. The SMILES string of the molecule is CCCOCCOOC(=O)c1c(OC)cccc1OC. The van der Waals surface area contributed by atoms with Gasteiger partial charge in [-0.05, 0) is 18.6 Å². The van der Waals surface area contributed by atoms with Crippen LogP contribution in [0.15, 0.2) is 18.2 Å². The highest BCUT2D eigenvalue weighted by Crippen LogP contribution is 2.28. The van der Waals surface area contributed by atoms with Crippen molar-refractivity contribution in [2.75, 3.05) is 34.0 Å². The summed E-state index contributed by atoms with van der Waals surface area (Å²) in [6.07, 6.45) is 0.929. The van der Waals surface area contributed by atoms with Gasteiger partial charge in [0, 0.05) is 6.61 Å². The van der Waals surface area contributed by atoms with Gasteiger partial charge in [-0.3, -0.25) is 4.89 Å². The Morgan fingerprint density at radius 3 is 2.25 bits per heavy atom. The van der Waals surface area contributed by atoms with Gasteiger partial charge in [0.15, 0.2) is 0 Å². The van der Waals surface area contributed by atoms with Crippen LogP contribution in [0.2, 0.25) is 0 Å². The van der Waals surface area contributed by atoms with E-state index in [-0.39, 0.29) is 12.2 Å². The topological polar surface area (TPSA) is 63.2 Å². The van der Waals surface area contributed by atoms with Gasteiger partial charge in [-0.1, -0.05) is 13.0 Å². The van der Waals surface area contributed by atoms with Gasteiger partial charge in [-0.25, -0.2) is 4.79 Å². The Balaban J connectivity index is 2.54. The second kappa shape index (κ2) is 9.17. The minimum Gasteiger partial charge on any atom is -0.496 e. The number of carbonyl (C=O) groups is 1. The van der Waals surface area contributed by atoms with E-state index in [0.717, 1.165) is 6.42 Å². The van der Waals surface area contributed by atoms with E-state index in [9.17, 15) is 4.79 Å². The molecule has 0 heterocycles.